The second-order valence-electron chi connectivity index (χ2n) is 3.49. The number of nitrogens with two attached hydrogens (primary N) is 1. The molecular weight excluding hydrogens is 208 g/mol. The predicted octanol–water partition coefficient (Wildman–Crippen LogP) is 2.99. The fourth-order valence-electron chi connectivity index (χ4n) is 1.29. The zero-order valence-electron chi connectivity index (χ0n) is 8.86. The van der Waals surface area contributed by atoms with Gasteiger partial charge in [0.15, 0.2) is 10.8 Å². The van der Waals surface area contributed by atoms with Gasteiger partial charge in [0.05, 0.1) is 5.69 Å². The first-order valence-electron chi connectivity index (χ1n) is 5.00. The van der Waals surface area contributed by atoms with Crippen molar-refractivity contribution in [3.05, 3.63) is 29.0 Å². The lowest BCUT2D eigenvalue weighted by molar-refractivity contribution is 0.528. The molecule has 0 saturated carbocycles. The van der Waals surface area contributed by atoms with Crippen molar-refractivity contribution in [2.24, 2.45) is 5.73 Å². The van der Waals surface area contributed by atoms with Crippen LogP contribution in [0.25, 0.3) is 10.8 Å². The number of furan rings is 1. The summed E-state index contributed by atoms with van der Waals surface area (Å²) in [7, 11) is 0. The first kappa shape index (κ1) is 10.4. The summed E-state index contributed by atoms with van der Waals surface area (Å²) in [5, 5.41) is 2.88. The molecule has 1 atom stereocenters. The van der Waals surface area contributed by atoms with Gasteiger partial charge in [0, 0.05) is 17.8 Å². The van der Waals surface area contributed by atoms with Crippen molar-refractivity contribution in [2.75, 3.05) is 0 Å². The summed E-state index contributed by atoms with van der Waals surface area (Å²) in [4.78, 5) is 4.43. The average molecular weight is 222 g/mol. The summed E-state index contributed by atoms with van der Waals surface area (Å²) in [6, 6.07) is 3.93. The van der Waals surface area contributed by atoms with E-state index >= 15 is 0 Å². The number of thiazole rings is 1. The van der Waals surface area contributed by atoms with Crippen LogP contribution >= 0.6 is 11.3 Å². The standard InChI is InChI=1S/C11H14N2OS/c1-3-8-4-5-10(14-8)11-13-9(6-15-11)7(2)12/h4-7H,3,12H2,1-2H3. The lowest BCUT2D eigenvalue weighted by atomic mass is 10.3. The third-order valence-electron chi connectivity index (χ3n) is 2.21. The molecule has 0 amide bonds. The zero-order valence-corrected chi connectivity index (χ0v) is 9.67. The Hall–Kier alpha value is -1.13. The molecule has 0 saturated heterocycles. The van der Waals surface area contributed by atoms with Crippen molar-refractivity contribution in [1.29, 1.82) is 0 Å². The molecule has 0 aliphatic heterocycles. The Morgan fingerprint density at radius 1 is 1.53 bits per heavy atom. The molecule has 2 rings (SSSR count). The topological polar surface area (TPSA) is 52.0 Å². The molecule has 0 aliphatic carbocycles. The third kappa shape index (κ3) is 2.11. The van der Waals surface area contributed by atoms with Crippen LogP contribution in [0.2, 0.25) is 0 Å². The summed E-state index contributed by atoms with van der Waals surface area (Å²) in [5.74, 6) is 1.83. The zero-order chi connectivity index (χ0) is 10.8. The average Bonchev–Trinajstić information content (AvgIpc) is 2.86. The van der Waals surface area contributed by atoms with Gasteiger partial charge in [0.2, 0.25) is 0 Å². The second kappa shape index (κ2) is 4.16. The van der Waals surface area contributed by atoms with Crippen LogP contribution in [-0.2, 0) is 6.42 Å². The normalized spacial score (nSPS) is 13.0. The van der Waals surface area contributed by atoms with Gasteiger partial charge in [0.25, 0.3) is 0 Å². The van der Waals surface area contributed by atoms with E-state index in [4.69, 9.17) is 10.2 Å². The van der Waals surface area contributed by atoms with Gasteiger partial charge in [-0.15, -0.1) is 11.3 Å². The highest BCUT2D eigenvalue weighted by molar-refractivity contribution is 7.13. The van der Waals surface area contributed by atoms with Crippen molar-refractivity contribution >= 4 is 11.3 Å². The van der Waals surface area contributed by atoms with Crippen LogP contribution in [0.15, 0.2) is 21.9 Å². The van der Waals surface area contributed by atoms with Gasteiger partial charge in [-0.2, -0.15) is 0 Å². The van der Waals surface area contributed by atoms with Crippen LogP contribution in [-0.4, -0.2) is 4.98 Å². The minimum Gasteiger partial charge on any atom is -0.459 e. The van der Waals surface area contributed by atoms with E-state index in [1.807, 2.05) is 24.4 Å². The fourth-order valence-corrected chi connectivity index (χ4v) is 2.18. The van der Waals surface area contributed by atoms with Crippen LogP contribution in [0, 0.1) is 0 Å². The van der Waals surface area contributed by atoms with Gasteiger partial charge in [-0.25, -0.2) is 4.98 Å². The van der Waals surface area contributed by atoms with E-state index in [-0.39, 0.29) is 6.04 Å². The van der Waals surface area contributed by atoms with Gasteiger partial charge in [-0.3, -0.25) is 0 Å². The first-order chi connectivity index (χ1) is 7.20. The molecule has 2 aromatic heterocycles. The highest BCUT2D eigenvalue weighted by Gasteiger charge is 2.10. The summed E-state index contributed by atoms with van der Waals surface area (Å²) >= 11 is 1.57. The smallest absolute Gasteiger partial charge is 0.162 e. The summed E-state index contributed by atoms with van der Waals surface area (Å²) in [6.45, 7) is 4.00. The molecule has 0 aromatic carbocycles. The van der Waals surface area contributed by atoms with Crippen LogP contribution < -0.4 is 5.73 Å². The number of hydrogen-bond donors (Lipinski definition) is 1. The Morgan fingerprint density at radius 2 is 2.33 bits per heavy atom. The number of aryl methyl sites for hydroxylation is 1. The van der Waals surface area contributed by atoms with Crippen molar-refractivity contribution < 1.29 is 4.42 Å². The molecule has 2 heterocycles. The Morgan fingerprint density at radius 3 is 2.87 bits per heavy atom. The highest BCUT2D eigenvalue weighted by atomic mass is 32.1. The predicted molar refractivity (Wildman–Crippen MR) is 61.8 cm³/mol. The highest BCUT2D eigenvalue weighted by Crippen LogP contribution is 2.27. The van der Waals surface area contributed by atoms with E-state index in [1.165, 1.54) is 0 Å². The van der Waals surface area contributed by atoms with Crippen molar-refractivity contribution in [3.63, 3.8) is 0 Å². The van der Waals surface area contributed by atoms with Gasteiger partial charge in [-0.1, -0.05) is 6.92 Å². The molecule has 15 heavy (non-hydrogen) atoms. The Kier molecular flexibility index (Phi) is 2.88. The number of aromatic nitrogens is 1. The first-order valence-corrected chi connectivity index (χ1v) is 5.88. The molecule has 2 N–H and O–H groups in total. The van der Waals surface area contributed by atoms with E-state index in [0.717, 1.165) is 28.6 Å². The van der Waals surface area contributed by atoms with Gasteiger partial charge in [0.1, 0.15) is 5.76 Å². The van der Waals surface area contributed by atoms with Crippen LogP contribution in [0.4, 0.5) is 0 Å². The molecule has 0 aliphatic rings. The van der Waals surface area contributed by atoms with Crippen LogP contribution in [0.3, 0.4) is 0 Å². The molecule has 0 radical (unpaired) electrons. The second-order valence-corrected chi connectivity index (χ2v) is 4.34. The molecule has 0 spiro atoms. The largest absolute Gasteiger partial charge is 0.459 e. The summed E-state index contributed by atoms with van der Waals surface area (Å²) in [5.41, 5.74) is 6.67. The molecular formula is C11H14N2OS. The van der Waals surface area contributed by atoms with E-state index < -0.39 is 0 Å². The van der Waals surface area contributed by atoms with Crippen molar-refractivity contribution in [1.82, 2.24) is 4.98 Å². The van der Waals surface area contributed by atoms with Gasteiger partial charge >= 0.3 is 0 Å². The molecule has 0 bridgehead atoms. The molecule has 0 fully saturated rings. The van der Waals surface area contributed by atoms with E-state index in [9.17, 15) is 0 Å². The third-order valence-corrected chi connectivity index (χ3v) is 3.08. The molecule has 2 aromatic rings. The van der Waals surface area contributed by atoms with Gasteiger partial charge < -0.3 is 10.2 Å². The van der Waals surface area contributed by atoms with E-state index in [2.05, 4.69) is 11.9 Å². The number of nitrogens with zero attached hydrogens (tertiary/aromatic N) is 1. The lowest BCUT2D eigenvalue weighted by Gasteiger charge is -1.96. The van der Waals surface area contributed by atoms with Crippen molar-refractivity contribution in [3.8, 4) is 10.8 Å². The SMILES string of the molecule is CCc1ccc(-c2nc(C(C)N)cs2)o1. The summed E-state index contributed by atoms with van der Waals surface area (Å²) < 4.78 is 5.62. The number of rotatable bonds is 3. The lowest BCUT2D eigenvalue weighted by Crippen LogP contribution is -2.04. The summed E-state index contributed by atoms with van der Waals surface area (Å²) in [6.07, 6.45) is 0.908. The quantitative estimate of drug-likeness (QED) is 0.868. The van der Waals surface area contributed by atoms with Crippen LogP contribution in [0.1, 0.15) is 31.3 Å². The minimum atomic E-state index is -0.0180. The fraction of sp³-hybridized carbons (Fsp3) is 0.364. The maximum Gasteiger partial charge on any atom is 0.162 e. The Bertz CT molecular complexity index is 445. The van der Waals surface area contributed by atoms with E-state index in [0.29, 0.717) is 0 Å². The maximum absolute atomic E-state index is 5.75. The minimum absolute atomic E-state index is 0.0180. The van der Waals surface area contributed by atoms with Crippen LogP contribution in [0.5, 0.6) is 0 Å². The molecule has 80 valence electrons. The van der Waals surface area contributed by atoms with Crippen molar-refractivity contribution in [2.45, 2.75) is 26.3 Å². The Labute approximate surface area is 92.9 Å². The maximum atomic E-state index is 5.75. The molecule has 3 nitrogen and oxygen atoms in total. The van der Waals surface area contributed by atoms with Gasteiger partial charge in [-0.05, 0) is 19.1 Å². The Balaban J connectivity index is 2.28. The molecule has 1 unspecified atom stereocenters. The molecule has 4 heteroatoms. The number of hydrogen-bond acceptors (Lipinski definition) is 4. The van der Waals surface area contributed by atoms with E-state index in [1.54, 1.807) is 11.3 Å². The monoisotopic (exact) mass is 222 g/mol.